The van der Waals surface area contributed by atoms with E-state index in [0.29, 0.717) is 5.69 Å². The smallest absolute Gasteiger partial charge is 0.335 e. The predicted octanol–water partition coefficient (Wildman–Crippen LogP) is 2.34. The first kappa shape index (κ1) is 16.8. The van der Waals surface area contributed by atoms with E-state index in [9.17, 15) is 9.59 Å². The Labute approximate surface area is 130 Å². The van der Waals surface area contributed by atoms with Gasteiger partial charge >= 0.3 is 5.97 Å². The fraction of sp³-hybridized carbons (Fsp3) is 0.250. The second kappa shape index (κ2) is 6.92. The summed E-state index contributed by atoms with van der Waals surface area (Å²) < 4.78 is 2.40. The molecule has 1 aromatic rings. The molecule has 0 saturated carbocycles. The number of carbonyl (C=O) groups is 2. The van der Waals surface area contributed by atoms with E-state index in [1.807, 2.05) is 0 Å². The Morgan fingerprint density at radius 3 is 2.50 bits per heavy atom. The number of pyridine rings is 1. The van der Waals surface area contributed by atoms with Gasteiger partial charge in [-0.15, -0.1) is 0 Å². The zero-order valence-corrected chi connectivity index (χ0v) is 12.7. The van der Waals surface area contributed by atoms with Gasteiger partial charge in [0, 0.05) is 6.20 Å². The zero-order chi connectivity index (χ0) is 15.3. The van der Waals surface area contributed by atoms with Crippen molar-refractivity contribution in [2.45, 2.75) is 9.83 Å². The van der Waals surface area contributed by atoms with E-state index in [1.165, 1.54) is 13.3 Å². The highest BCUT2D eigenvalue weighted by molar-refractivity contribution is 6.76. The first-order valence-corrected chi connectivity index (χ1v) is 6.46. The van der Waals surface area contributed by atoms with Crippen molar-refractivity contribution in [3.05, 3.63) is 42.2 Å². The van der Waals surface area contributed by atoms with Crippen LogP contribution in [0.3, 0.4) is 0 Å². The summed E-state index contributed by atoms with van der Waals surface area (Å²) in [6.07, 6.45) is 1.49. The van der Waals surface area contributed by atoms with Gasteiger partial charge in [-0.25, -0.2) is 4.79 Å². The molecule has 0 saturated heterocycles. The van der Waals surface area contributed by atoms with E-state index >= 15 is 0 Å². The van der Waals surface area contributed by atoms with E-state index in [2.05, 4.69) is 21.6 Å². The Balaban J connectivity index is 3.06. The minimum Gasteiger partial charge on any atom is -0.466 e. The maximum absolute atomic E-state index is 11.7. The number of hydrogen-bond donors (Lipinski definition) is 1. The van der Waals surface area contributed by atoms with E-state index in [1.54, 1.807) is 18.2 Å². The van der Waals surface area contributed by atoms with Gasteiger partial charge in [0.15, 0.2) is 0 Å². The van der Waals surface area contributed by atoms with E-state index in [4.69, 9.17) is 34.8 Å². The molecule has 1 aromatic heterocycles. The molecule has 1 N–H and O–H groups in total. The summed E-state index contributed by atoms with van der Waals surface area (Å²) in [5.74, 6) is -1.60. The number of ether oxygens (including phenoxy) is 1. The highest BCUT2D eigenvalue weighted by atomic mass is 35.6. The van der Waals surface area contributed by atoms with Crippen LogP contribution < -0.4 is 5.32 Å². The summed E-state index contributed by atoms with van der Waals surface area (Å²) in [6.45, 7) is 3.58. The van der Waals surface area contributed by atoms with Gasteiger partial charge in [-0.2, -0.15) is 0 Å². The quantitative estimate of drug-likeness (QED) is 0.520. The molecular formula is C12H11Cl3N2O3. The monoisotopic (exact) mass is 336 g/mol. The van der Waals surface area contributed by atoms with Crippen LogP contribution in [0, 0.1) is 0 Å². The van der Waals surface area contributed by atoms with Gasteiger partial charge in [0.25, 0.3) is 9.70 Å². The third-order valence-electron chi connectivity index (χ3n) is 2.31. The van der Waals surface area contributed by atoms with Crippen LogP contribution in [-0.2, 0) is 14.3 Å². The summed E-state index contributed by atoms with van der Waals surface area (Å²) in [5.41, 5.74) is 0.333. The molecule has 0 aromatic carbocycles. The number of nitrogens with zero attached hydrogens (tertiary/aromatic N) is 1. The fourth-order valence-electron chi connectivity index (χ4n) is 1.35. The van der Waals surface area contributed by atoms with Crippen LogP contribution in [-0.4, -0.2) is 27.8 Å². The van der Waals surface area contributed by atoms with Crippen LogP contribution in [0.25, 0.3) is 0 Å². The lowest BCUT2D eigenvalue weighted by molar-refractivity contribution is -0.136. The number of aromatic nitrogens is 1. The summed E-state index contributed by atoms with van der Waals surface area (Å²) in [6, 6.07) is 4.00. The summed E-state index contributed by atoms with van der Waals surface area (Å²) >= 11 is 16.5. The molecule has 0 radical (unpaired) electrons. The molecular weight excluding hydrogens is 327 g/mol. The van der Waals surface area contributed by atoms with Crippen molar-refractivity contribution >= 4 is 46.7 Å². The first-order valence-electron chi connectivity index (χ1n) is 5.33. The first-order chi connectivity index (χ1) is 9.27. The number of halogens is 3. The summed E-state index contributed by atoms with van der Waals surface area (Å²) in [7, 11) is 1.19. The molecule has 0 fully saturated rings. The van der Waals surface area contributed by atoms with Crippen molar-refractivity contribution in [2.24, 2.45) is 0 Å². The highest BCUT2D eigenvalue weighted by Gasteiger charge is 2.34. The van der Waals surface area contributed by atoms with E-state index in [0.717, 1.165) is 0 Å². The van der Waals surface area contributed by atoms with Gasteiger partial charge in [0.2, 0.25) is 0 Å². The molecule has 108 valence electrons. The molecule has 1 heterocycles. The number of amides is 1. The molecule has 1 amide bonds. The fourth-order valence-corrected chi connectivity index (χ4v) is 1.51. The number of alkyl halides is 3. The van der Waals surface area contributed by atoms with Gasteiger partial charge in [-0.1, -0.05) is 47.4 Å². The molecule has 5 nitrogen and oxygen atoms in total. The van der Waals surface area contributed by atoms with Crippen LogP contribution in [0.15, 0.2) is 36.5 Å². The van der Waals surface area contributed by atoms with E-state index < -0.39 is 21.7 Å². The van der Waals surface area contributed by atoms with Crippen LogP contribution in [0.2, 0.25) is 0 Å². The second-order valence-corrected chi connectivity index (χ2v) is 5.96. The third-order valence-corrected chi connectivity index (χ3v) is 2.83. The molecule has 0 aliphatic rings. The Kier molecular flexibility index (Phi) is 5.80. The van der Waals surface area contributed by atoms with Gasteiger partial charge in [-0.3, -0.25) is 9.78 Å². The minimum absolute atomic E-state index is 0.0335. The zero-order valence-electron chi connectivity index (χ0n) is 10.4. The maximum atomic E-state index is 11.7. The number of methoxy groups -OCH3 is 1. The van der Waals surface area contributed by atoms with Gasteiger partial charge in [0.1, 0.15) is 6.04 Å². The van der Waals surface area contributed by atoms with Crippen LogP contribution in [0.4, 0.5) is 0 Å². The van der Waals surface area contributed by atoms with Crippen molar-refractivity contribution in [1.29, 1.82) is 0 Å². The molecule has 0 aliphatic heterocycles. The summed E-state index contributed by atoms with van der Waals surface area (Å²) in [5, 5.41) is 2.39. The molecule has 8 heteroatoms. The van der Waals surface area contributed by atoms with Crippen molar-refractivity contribution in [3.63, 3.8) is 0 Å². The Hall–Kier alpha value is -1.30. The topological polar surface area (TPSA) is 68.3 Å². The molecule has 0 unspecified atom stereocenters. The van der Waals surface area contributed by atoms with Gasteiger partial charge < -0.3 is 10.1 Å². The molecule has 0 spiro atoms. The highest BCUT2D eigenvalue weighted by Crippen LogP contribution is 2.28. The molecule has 0 bridgehead atoms. The predicted molar refractivity (Wildman–Crippen MR) is 76.6 cm³/mol. The Morgan fingerprint density at radius 2 is 2.05 bits per heavy atom. The standard InChI is InChI=1S/C12H11Cl3N2O3/c1-7(10(18)20-2)9(8-5-3-4-6-16-8)17-11(19)12(13,14)15/h3-6,9H,1H2,2H3,(H,17,19)/t9-/m0/s1. The number of esters is 1. The number of hydrogen-bond acceptors (Lipinski definition) is 4. The van der Waals surface area contributed by atoms with Crippen LogP contribution in [0.5, 0.6) is 0 Å². The lowest BCUT2D eigenvalue weighted by Gasteiger charge is -2.21. The number of nitrogens with one attached hydrogen (secondary N) is 1. The normalized spacial score (nSPS) is 12.4. The largest absolute Gasteiger partial charge is 0.466 e. The Morgan fingerprint density at radius 1 is 1.40 bits per heavy atom. The Bertz CT molecular complexity index is 514. The lowest BCUT2D eigenvalue weighted by Crippen LogP contribution is -2.39. The van der Waals surface area contributed by atoms with Gasteiger partial charge in [-0.05, 0) is 12.1 Å². The molecule has 1 atom stereocenters. The van der Waals surface area contributed by atoms with Crippen LogP contribution >= 0.6 is 34.8 Å². The third kappa shape index (κ3) is 4.37. The average Bonchev–Trinajstić information content (AvgIpc) is 2.42. The number of rotatable bonds is 4. The van der Waals surface area contributed by atoms with Crippen molar-refractivity contribution < 1.29 is 14.3 Å². The molecule has 1 rings (SSSR count). The maximum Gasteiger partial charge on any atom is 0.335 e. The lowest BCUT2D eigenvalue weighted by atomic mass is 10.0. The van der Waals surface area contributed by atoms with Crippen molar-refractivity contribution in [3.8, 4) is 0 Å². The molecule has 20 heavy (non-hydrogen) atoms. The minimum atomic E-state index is -2.16. The summed E-state index contributed by atoms with van der Waals surface area (Å²) in [4.78, 5) is 27.3. The van der Waals surface area contributed by atoms with Crippen molar-refractivity contribution in [1.82, 2.24) is 10.3 Å². The number of carbonyl (C=O) groups excluding carboxylic acids is 2. The average molecular weight is 338 g/mol. The molecule has 0 aliphatic carbocycles. The van der Waals surface area contributed by atoms with Gasteiger partial charge in [0.05, 0.1) is 18.4 Å². The SMILES string of the molecule is C=C(C(=O)OC)[C@H](NC(=O)C(Cl)(Cl)Cl)c1ccccn1. The van der Waals surface area contributed by atoms with E-state index in [-0.39, 0.29) is 5.57 Å². The van der Waals surface area contributed by atoms with Crippen LogP contribution in [0.1, 0.15) is 11.7 Å². The van der Waals surface area contributed by atoms with Crippen molar-refractivity contribution in [2.75, 3.05) is 7.11 Å². The second-order valence-electron chi connectivity index (χ2n) is 3.68.